The van der Waals surface area contributed by atoms with E-state index in [4.69, 9.17) is 18.7 Å². The Morgan fingerprint density at radius 2 is 1.70 bits per heavy atom. The zero-order valence-corrected chi connectivity index (χ0v) is 12.9. The van der Waals surface area contributed by atoms with Crippen molar-refractivity contribution >= 4 is 11.9 Å². The normalized spacial score (nSPS) is 10.4. The Hall–Kier alpha value is -2.83. The first-order valence-corrected chi connectivity index (χ1v) is 7.17. The first kappa shape index (κ1) is 16.5. The van der Waals surface area contributed by atoms with E-state index in [2.05, 4.69) is 5.16 Å². The summed E-state index contributed by atoms with van der Waals surface area (Å²) in [7, 11) is 0. The van der Waals surface area contributed by atoms with Crippen LogP contribution in [0.5, 0.6) is 5.88 Å². The number of esters is 2. The summed E-state index contributed by atoms with van der Waals surface area (Å²) in [5.74, 6) is -1.23. The molecule has 0 fully saturated rings. The lowest BCUT2D eigenvalue weighted by Crippen LogP contribution is -2.38. The van der Waals surface area contributed by atoms with Crippen LogP contribution in [0.4, 0.5) is 0 Å². The van der Waals surface area contributed by atoms with Crippen LogP contribution in [0.15, 0.2) is 40.9 Å². The quantitative estimate of drug-likeness (QED) is 0.571. The van der Waals surface area contributed by atoms with Crippen molar-refractivity contribution in [3.05, 3.63) is 36.4 Å². The summed E-state index contributed by atoms with van der Waals surface area (Å²) in [5.41, 5.74) is 0.790. The molecule has 0 saturated heterocycles. The van der Waals surface area contributed by atoms with Crippen molar-refractivity contribution in [2.45, 2.75) is 20.0 Å². The fourth-order valence-corrected chi connectivity index (χ4v) is 1.80. The van der Waals surface area contributed by atoms with E-state index in [1.54, 1.807) is 13.8 Å². The summed E-state index contributed by atoms with van der Waals surface area (Å²) in [6, 6.07) is 10.7. The number of rotatable bonds is 7. The van der Waals surface area contributed by atoms with Crippen LogP contribution in [0.2, 0.25) is 0 Å². The lowest BCUT2D eigenvalue weighted by atomic mass is 10.2. The van der Waals surface area contributed by atoms with Gasteiger partial charge >= 0.3 is 11.9 Å². The van der Waals surface area contributed by atoms with Crippen molar-refractivity contribution in [2.24, 2.45) is 0 Å². The predicted octanol–water partition coefficient (Wildman–Crippen LogP) is 2.22. The fraction of sp³-hybridized carbons (Fsp3) is 0.312. The molecular weight excluding hydrogens is 302 g/mol. The Labute approximate surface area is 133 Å². The summed E-state index contributed by atoms with van der Waals surface area (Å²) >= 11 is 0. The second-order valence-electron chi connectivity index (χ2n) is 4.40. The SMILES string of the molecule is CCOC(=O)C(Oc1cc(-c2ccccc2)on1)C(=O)OCC. The molecule has 1 heterocycles. The van der Waals surface area contributed by atoms with Gasteiger partial charge in [0.25, 0.3) is 12.0 Å². The molecule has 0 aliphatic rings. The molecule has 0 saturated carbocycles. The molecule has 0 aliphatic heterocycles. The minimum Gasteiger partial charge on any atom is -0.463 e. The highest BCUT2D eigenvalue weighted by molar-refractivity contribution is 5.98. The molecular formula is C16H17NO6. The summed E-state index contributed by atoms with van der Waals surface area (Å²) < 4.78 is 20.1. The van der Waals surface area contributed by atoms with Crippen LogP contribution in [0.25, 0.3) is 11.3 Å². The number of hydrogen-bond acceptors (Lipinski definition) is 7. The van der Waals surface area contributed by atoms with E-state index in [1.165, 1.54) is 6.07 Å². The highest BCUT2D eigenvalue weighted by Gasteiger charge is 2.33. The zero-order chi connectivity index (χ0) is 16.7. The number of nitrogens with zero attached hydrogens (tertiary/aromatic N) is 1. The van der Waals surface area contributed by atoms with Crippen molar-refractivity contribution < 1.29 is 28.3 Å². The summed E-state index contributed by atoms with van der Waals surface area (Å²) in [6.45, 7) is 3.49. The maximum absolute atomic E-state index is 11.8. The topological polar surface area (TPSA) is 87.9 Å². The number of benzene rings is 1. The molecule has 0 N–H and O–H groups in total. The predicted molar refractivity (Wildman–Crippen MR) is 79.6 cm³/mol. The number of aromatic nitrogens is 1. The highest BCUT2D eigenvalue weighted by atomic mass is 16.6. The van der Waals surface area contributed by atoms with Gasteiger partial charge in [-0.2, -0.15) is 0 Å². The van der Waals surface area contributed by atoms with E-state index in [0.29, 0.717) is 5.76 Å². The molecule has 7 nitrogen and oxygen atoms in total. The second-order valence-corrected chi connectivity index (χ2v) is 4.40. The Bertz CT molecular complexity index is 634. The smallest absolute Gasteiger partial charge is 0.359 e. The van der Waals surface area contributed by atoms with Gasteiger partial charge in [-0.05, 0) is 19.0 Å². The van der Waals surface area contributed by atoms with Crippen LogP contribution in [0.1, 0.15) is 13.8 Å². The molecule has 2 aromatic rings. The third kappa shape index (κ3) is 4.32. The van der Waals surface area contributed by atoms with Gasteiger partial charge < -0.3 is 18.7 Å². The number of hydrogen-bond donors (Lipinski definition) is 0. The van der Waals surface area contributed by atoms with Gasteiger partial charge in [0.05, 0.1) is 13.2 Å². The van der Waals surface area contributed by atoms with E-state index < -0.39 is 18.0 Å². The van der Waals surface area contributed by atoms with E-state index in [1.807, 2.05) is 30.3 Å². The van der Waals surface area contributed by atoms with E-state index in [0.717, 1.165) is 5.56 Å². The standard InChI is InChI=1S/C16H17NO6/c1-3-20-15(18)14(16(19)21-4-2)22-13-10-12(23-17-13)11-8-6-5-7-9-11/h5-10,14H,3-4H2,1-2H3. The van der Waals surface area contributed by atoms with E-state index in [9.17, 15) is 9.59 Å². The van der Waals surface area contributed by atoms with Crippen molar-refractivity contribution in [1.29, 1.82) is 0 Å². The molecule has 7 heteroatoms. The van der Waals surface area contributed by atoms with Gasteiger partial charge in [0.15, 0.2) is 5.76 Å². The van der Waals surface area contributed by atoms with Crippen molar-refractivity contribution in [3.8, 4) is 17.2 Å². The largest absolute Gasteiger partial charge is 0.463 e. The summed E-state index contributed by atoms with van der Waals surface area (Å²) in [5, 5.41) is 3.70. The molecule has 0 aliphatic carbocycles. The minimum absolute atomic E-state index is 0.00467. The van der Waals surface area contributed by atoms with Crippen molar-refractivity contribution in [2.75, 3.05) is 13.2 Å². The van der Waals surface area contributed by atoms with Gasteiger partial charge in [0, 0.05) is 11.6 Å². The van der Waals surface area contributed by atoms with Crippen LogP contribution in [-0.2, 0) is 19.1 Å². The van der Waals surface area contributed by atoms with Crippen LogP contribution in [-0.4, -0.2) is 36.4 Å². The van der Waals surface area contributed by atoms with Gasteiger partial charge in [0.1, 0.15) is 0 Å². The summed E-state index contributed by atoms with van der Waals surface area (Å²) in [4.78, 5) is 23.7. The van der Waals surface area contributed by atoms with Gasteiger partial charge in [-0.15, -0.1) is 0 Å². The summed E-state index contributed by atoms with van der Waals surface area (Å²) in [6.07, 6.45) is -1.54. The molecule has 0 radical (unpaired) electrons. The van der Waals surface area contributed by atoms with Crippen LogP contribution < -0.4 is 4.74 Å². The molecule has 0 spiro atoms. The Morgan fingerprint density at radius 1 is 1.09 bits per heavy atom. The molecule has 122 valence electrons. The van der Waals surface area contributed by atoms with E-state index >= 15 is 0 Å². The highest BCUT2D eigenvalue weighted by Crippen LogP contribution is 2.24. The van der Waals surface area contributed by atoms with Crippen molar-refractivity contribution in [3.63, 3.8) is 0 Å². The van der Waals surface area contributed by atoms with Crippen LogP contribution in [0, 0.1) is 0 Å². The lowest BCUT2D eigenvalue weighted by Gasteiger charge is -2.13. The molecule has 0 bridgehead atoms. The zero-order valence-electron chi connectivity index (χ0n) is 12.9. The Morgan fingerprint density at radius 3 is 2.26 bits per heavy atom. The molecule has 1 aromatic heterocycles. The molecule has 2 rings (SSSR count). The Balaban J connectivity index is 2.15. The van der Waals surface area contributed by atoms with Crippen LogP contribution in [0.3, 0.4) is 0 Å². The maximum atomic E-state index is 11.8. The minimum atomic E-state index is -1.54. The monoisotopic (exact) mass is 319 g/mol. The lowest BCUT2D eigenvalue weighted by molar-refractivity contribution is -0.166. The Kier molecular flexibility index (Phi) is 5.74. The third-order valence-electron chi connectivity index (χ3n) is 2.79. The number of ether oxygens (including phenoxy) is 3. The number of carbonyl (C=O) groups excluding carboxylic acids is 2. The molecule has 0 atom stereocenters. The molecule has 23 heavy (non-hydrogen) atoms. The second kappa shape index (κ2) is 7.98. The average Bonchev–Trinajstić information content (AvgIpc) is 3.02. The van der Waals surface area contributed by atoms with Gasteiger partial charge in [-0.1, -0.05) is 30.3 Å². The van der Waals surface area contributed by atoms with E-state index in [-0.39, 0.29) is 19.1 Å². The number of carbonyl (C=O) groups is 2. The van der Waals surface area contributed by atoms with Crippen molar-refractivity contribution in [1.82, 2.24) is 5.16 Å². The molecule has 0 unspecified atom stereocenters. The average molecular weight is 319 g/mol. The fourth-order valence-electron chi connectivity index (χ4n) is 1.80. The third-order valence-corrected chi connectivity index (χ3v) is 2.79. The van der Waals surface area contributed by atoms with Gasteiger partial charge in [-0.25, -0.2) is 9.59 Å². The maximum Gasteiger partial charge on any atom is 0.359 e. The van der Waals surface area contributed by atoms with Gasteiger partial charge in [0.2, 0.25) is 0 Å². The first-order valence-electron chi connectivity index (χ1n) is 7.17. The van der Waals surface area contributed by atoms with Gasteiger partial charge in [-0.3, -0.25) is 0 Å². The molecule has 1 aromatic carbocycles. The molecule has 0 amide bonds. The first-order chi connectivity index (χ1) is 11.2. The van der Waals surface area contributed by atoms with Crippen LogP contribution >= 0.6 is 0 Å².